The van der Waals surface area contributed by atoms with Gasteiger partial charge in [0.15, 0.2) is 0 Å². The highest BCUT2D eigenvalue weighted by atomic mass is 31.3. The molecule has 1 nitrogen and oxygen atoms in total. The molecule has 0 saturated heterocycles. The Hall–Kier alpha value is 0.824. The van der Waals surface area contributed by atoms with Crippen LogP contribution in [0.3, 0.4) is 0 Å². The Kier molecular flexibility index (Phi) is 7.02. The van der Waals surface area contributed by atoms with Crippen LogP contribution in [0.25, 0.3) is 0 Å². The number of rotatable bonds is 7. The largest absolute Gasteiger partial charge is 0.413 e. The average molecular weight is 279 g/mol. The highest BCUT2D eigenvalue weighted by Crippen LogP contribution is 2.49. The van der Waals surface area contributed by atoms with Crippen LogP contribution in [0.5, 0.6) is 0 Å². The van der Waals surface area contributed by atoms with E-state index in [4.69, 9.17) is 4.43 Å². The summed E-state index contributed by atoms with van der Waals surface area (Å²) in [5.41, 5.74) is 0.593. The number of hydrogen-bond acceptors (Lipinski definition) is 1. The average Bonchev–Trinajstić information content (AvgIpc) is 2.24. The molecule has 0 aliphatic heterocycles. The molecule has 98 valence electrons. The summed E-state index contributed by atoms with van der Waals surface area (Å²) in [7, 11) is -1.21. The molecule has 16 heavy (non-hydrogen) atoms. The van der Waals surface area contributed by atoms with Gasteiger partial charge in [-0.1, -0.05) is 47.2 Å². The zero-order chi connectivity index (χ0) is 13.0. The molecule has 0 aromatic carbocycles. The molecule has 0 fully saturated rings. The van der Waals surface area contributed by atoms with E-state index in [2.05, 4.69) is 54.0 Å². The zero-order valence-electron chi connectivity index (χ0n) is 12.5. The lowest BCUT2D eigenvalue weighted by atomic mass is 10.1. The minimum absolute atomic E-state index is 0.414. The molecule has 3 atom stereocenters. The third-order valence-electron chi connectivity index (χ3n) is 4.19. The lowest BCUT2D eigenvalue weighted by molar-refractivity contribution is 0.249. The molecule has 0 saturated carbocycles. The second-order valence-corrected chi connectivity index (χ2v) is 17.6. The summed E-state index contributed by atoms with van der Waals surface area (Å²) >= 11 is 0. The van der Waals surface area contributed by atoms with Crippen molar-refractivity contribution in [2.24, 2.45) is 0 Å². The molecule has 0 spiro atoms. The molecule has 0 amide bonds. The predicted molar refractivity (Wildman–Crippen MR) is 84.2 cm³/mol. The summed E-state index contributed by atoms with van der Waals surface area (Å²) in [6.45, 7) is 19.0. The van der Waals surface area contributed by atoms with Crippen LogP contribution in [0.1, 0.15) is 40.5 Å². The molecule has 0 aromatic rings. The van der Waals surface area contributed by atoms with Gasteiger partial charge >= 0.3 is 0 Å². The van der Waals surface area contributed by atoms with Gasteiger partial charge in [0.25, 0.3) is 0 Å². The molecule has 0 N–H and O–H groups in total. The predicted octanol–water partition coefficient (Wildman–Crippen LogP) is 4.38. The quantitative estimate of drug-likeness (QED) is 0.496. The highest BCUT2D eigenvalue weighted by Gasteiger charge is 2.44. The molecular formula is C12H31OPSi2. The standard InChI is InChI=1S/C12H31OPSi2/c1-9-11(15(6)7)13-16(8,14-5)12(3,4)10-2/h11,14-15H,9-10H2,1-8H3. The van der Waals surface area contributed by atoms with E-state index in [0.29, 0.717) is 10.8 Å². The summed E-state index contributed by atoms with van der Waals surface area (Å²) in [4.78, 5) is 0. The molecule has 0 bridgehead atoms. The summed E-state index contributed by atoms with van der Waals surface area (Å²) in [5, 5.41) is 0.414. The van der Waals surface area contributed by atoms with Gasteiger partial charge in [-0.05, 0) is 24.7 Å². The topological polar surface area (TPSA) is 9.23 Å². The monoisotopic (exact) mass is 278 g/mol. The van der Waals surface area contributed by atoms with Crippen LogP contribution >= 0.6 is 8.13 Å². The van der Waals surface area contributed by atoms with Crippen LogP contribution in [0.4, 0.5) is 0 Å². The first-order valence-corrected chi connectivity index (χ1v) is 14.5. The van der Waals surface area contributed by atoms with Gasteiger partial charge in [-0.3, -0.25) is 0 Å². The van der Waals surface area contributed by atoms with Gasteiger partial charge in [-0.25, -0.2) is 0 Å². The minimum atomic E-state index is -1.54. The molecule has 3 unspecified atom stereocenters. The molecular weight excluding hydrogens is 247 g/mol. The van der Waals surface area contributed by atoms with Gasteiger partial charge in [0.05, 0.1) is 8.80 Å². The van der Waals surface area contributed by atoms with Crippen molar-refractivity contribution in [2.75, 3.05) is 6.66 Å². The van der Waals surface area contributed by atoms with Crippen molar-refractivity contribution in [3.63, 3.8) is 0 Å². The maximum Gasteiger partial charge on any atom is 0.217 e. The van der Waals surface area contributed by atoms with E-state index in [1.807, 2.05) is 0 Å². The molecule has 0 aromatic heterocycles. The van der Waals surface area contributed by atoms with E-state index in [-0.39, 0.29) is 0 Å². The van der Waals surface area contributed by atoms with E-state index in [1.165, 1.54) is 12.8 Å². The van der Waals surface area contributed by atoms with E-state index < -0.39 is 16.8 Å². The van der Waals surface area contributed by atoms with E-state index in [0.717, 1.165) is 8.13 Å². The molecule has 0 aliphatic carbocycles. The van der Waals surface area contributed by atoms with Crippen molar-refractivity contribution < 1.29 is 4.43 Å². The minimum Gasteiger partial charge on any atom is -0.413 e. The second-order valence-electron chi connectivity index (χ2n) is 5.83. The van der Waals surface area contributed by atoms with Crippen molar-refractivity contribution in [2.45, 2.75) is 70.9 Å². The highest BCUT2D eigenvalue weighted by molar-refractivity contribution is 7.80. The SMILES string of the molecule is CCC(O[Si](C)(PC)C(C)(C)CC)[SiH](C)C. The first kappa shape index (κ1) is 16.8. The molecule has 0 radical (unpaired) electrons. The Bertz CT molecular complexity index is 209. The van der Waals surface area contributed by atoms with Gasteiger partial charge in [-0.2, -0.15) is 0 Å². The summed E-state index contributed by atoms with van der Waals surface area (Å²) in [5.74, 6) is 0. The van der Waals surface area contributed by atoms with Gasteiger partial charge in [-0.15, -0.1) is 8.13 Å². The van der Waals surface area contributed by atoms with Gasteiger partial charge < -0.3 is 4.43 Å². The summed E-state index contributed by atoms with van der Waals surface area (Å²) in [6, 6.07) is 0. The van der Waals surface area contributed by atoms with Crippen LogP contribution in [-0.2, 0) is 4.43 Å². The maximum absolute atomic E-state index is 6.67. The van der Waals surface area contributed by atoms with Crippen molar-refractivity contribution in [3.8, 4) is 0 Å². The first-order valence-electron chi connectivity index (χ1n) is 6.60. The van der Waals surface area contributed by atoms with Crippen LogP contribution in [0, 0.1) is 0 Å². The van der Waals surface area contributed by atoms with E-state index >= 15 is 0 Å². The Labute approximate surface area is 107 Å². The van der Waals surface area contributed by atoms with Crippen molar-refractivity contribution in [3.05, 3.63) is 0 Å². The molecule has 0 rings (SSSR count). The Morgan fingerprint density at radius 1 is 1.31 bits per heavy atom. The molecule has 0 aliphatic rings. The maximum atomic E-state index is 6.67. The zero-order valence-corrected chi connectivity index (χ0v) is 15.6. The van der Waals surface area contributed by atoms with E-state index in [9.17, 15) is 0 Å². The first-order chi connectivity index (χ1) is 7.24. The lowest BCUT2D eigenvalue weighted by Gasteiger charge is -2.43. The fourth-order valence-electron chi connectivity index (χ4n) is 1.89. The van der Waals surface area contributed by atoms with Crippen LogP contribution in [0.15, 0.2) is 0 Å². The normalized spacial score (nSPS) is 19.3. The fraction of sp³-hybridized carbons (Fsp3) is 1.00. The Morgan fingerprint density at radius 3 is 2.06 bits per heavy atom. The van der Waals surface area contributed by atoms with Crippen molar-refractivity contribution >= 4 is 24.9 Å². The van der Waals surface area contributed by atoms with Crippen molar-refractivity contribution in [1.82, 2.24) is 0 Å². The van der Waals surface area contributed by atoms with Crippen LogP contribution in [0.2, 0.25) is 24.7 Å². The van der Waals surface area contributed by atoms with Gasteiger partial charge in [0, 0.05) is 5.73 Å². The molecule has 0 heterocycles. The van der Waals surface area contributed by atoms with Gasteiger partial charge in [0.1, 0.15) is 0 Å². The summed E-state index contributed by atoms with van der Waals surface area (Å²) < 4.78 is 6.67. The Balaban J connectivity index is 4.84. The third kappa shape index (κ3) is 3.94. The second kappa shape index (κ2) is 6.68. The lowest BCUT2D eigenvalue weighted by Crippen LogP contribution is -2.47. The smallest absolute Gasteiger partial charge is 0.217 e. The van der Waals surface area contributed by atoms with Crippen molar-refractivity contribution in [1.29, 1.82) is 0 Å². The third-order valence-corrected chi connectivity index (χ3v) is 16.5. The van der Waals surface area contributed by atoms with Crippen LogP contribution in [-0.4, -0.2) is 29.2 Å². The van der Waals surface area contributed by atoms with Crippen LogP contribution < -0.4 is 0 Å². The summed E-state index contributed by atoms with van der Waals surface area (Å²) in [6.07, 6.45) is 2.45. The Morgan fingerprint density at radius 2 is 1.81 bits per heavy atom. The van der Waals surface area contributed by atoms with Gasteiger partial charge in [0.2, 0.25) is 7.98 Å². The fourth-order valence-corrected chi connectivity index (χ4v) is 11.1. The number of hydrogen-bond donors (Lipinski definition) is 0. The van der Waals surface area contributed by atoms with E-state index in [1.54, 1.807) is 0 Å². The molecule has 4 heteroatoms.